The number of ether oxygens (including phenoxy) is 2. The average molecular weight is 431 g/mol. The van der Waals surface area contributed by atoms with Crippen molar-refractivity contribution in [3.63, 3.8) is 0 Å². The molecule has 1 aliphatic heterocycles. The van der Waals surface area contributed by atoms with Crippen molar-refractivity contribution in [3.8, 4) is 23.0 Å². The zero-order valence-electron chi connectivity index (χ0n) is 17.5. The second-order valence-corrected chi connectivity index (χ2v) is 7.77. The summed E-state index contributed by atoms with van der Waals surface area (Å²) >= 11 is 0. The van der Waals surface area contributed by atoms with Crippen LogP contribution in [0.25, 0.3) is 0 Å². The molecule has 0 saturated carbocycles. The molecule has 1 saturated heterocycles. The molecule has 0 aromatic heterocycles. The van der Waals surface area contributed by atoms with Crippen LogP contribution >= 0.6 is 0 Å². The molecule has 0 radical (unpaired) electrons. The summed E-state index contributed by atoms with van der Waals surface area (Å²) in [5, 5.41) is 2.83. The van der Waals surface area contributed by atoms with Crippen LogP contribution < -0.4 is 26.3 Å². The predicted molar refractivity (Wildman–Crippen MR) is 123 cm³/mol. The summed E-state index contributed by atoms with van der Waals surface area (Å²) in [6.45, 7) is 0. The minimum atomic E-state index is -0.568. The molecule has 3 aromatic carbocycles. The summed E-state index contributed by atoms with van der Waals surface area (Å²) in [5.41, 5.74) is 13.1. The Balaban J connectivity index is 1.65. The Labute approximate surface area is 186 Å². The highest BCUT2D eigenvalue weighted by Gasteiger charge is 2.25. The van der Waals surface area contributed by atoms with Gasteiger partial charge in [0.1, 0.15) is 23.0 Å². The number of nitrogens with one attached hydrogen (secondary N) is 1. The van der Waals surface area contributed by atoms with Gasteiger partial charge < -0.3 is 26.3 Å². The minimum absolute atomic E-state index is 0.103. The lowest BCUT2D eigenvalue weighted by molar-refractivity contribution is -0.121. The number of carbonyl (C=O) groups excluding carboxylic acids is 2. The number of Topliss-reactive ketones (excluding diaryl/α,β-unsaturated/α-hetero) is 1. The molecule has 1 fully saturated rings. The number of amides is 1. The molecule has 7 nitrogen and oxygen atoms in total. The van der Waals surface area contributed by atoms with Gasteiger partial charge >= 0.3 is 0 Å². The molecular formula is C25H25N3O4. The number of ketones is 1. The fourth-order valence-electron chi connectivity index (χ4n) is 3.55. The largest absolute Gasteiger partial charge is 0.457 e. The van der Waals surface area contributed by atoms with E-state index in [1.54, 1.807) is 66.7 Å². The highest BCUT2D eigenvalue weighted by molar-refractivity contribution is 6.02. The molecule has 1 amide bonds. The lowest BCUT2D eigenvalue weighted by Crippen LogP contribution is -2.39. The van der Waals surface area contributed by atoms with Crippen LogP contribution in [0.15, 0.2) is 66.7 Å². The summed E-state index contributed by atoms with van der Waals surface area (Å²) in [5.74, 6) is 1.74. The highest BCUT2D eigenvalue weighted by atomic mass is 16.5. The molecule has 0 aliphatic carbocycles. The van der Waals surface area contributed by atoms with Gasteiger partial charge in [-0.3, -0.25) is 9.59 Å². The van der Waals surface area contributed by atoms with Crippen molar-refractivity contribution >= 4 is 23.1 Å². The lowest BCUT2D eigenvalue weighted by atomic mass is 10.00. The third-order valence-electron chi connectivity index (χ3n) is 5.19. The first-order valence-corrected chi connectivity index (χ1v) is 10.5. The molecule has 7 heteroatoms. The lowest BCUT2D eigenvalue weighted by Gasteiger charge is -2.17. The fraction of sp³-hybridized carbons (Fsp3) is 0.200. The Hall–Kier alpha value is -4.00. The molecule has 3 aromatic rings. The standard InChI is InChI=1S/C25H25N3O4/c26-17-5-9-19(10-6-17)31-21-13-16(25(30)23-3-1-2-4-24(29)28-23)14-22(15-21)32-20-11-7-18(27)8-12-20/h5-15,23H,1-4,26-27H2,(H,28,29). The first-order chi connectivity index (χ1) is 15.5. The van der Waals surface area contributed by atoms with Gasteiger partial charge in [-0.1, -0.05) is 6.42 Å². The smallest absolute Gasteiger partial charge is 0.220 e. The van der Waals surface area contributed by atoms with Crippen LogP contribution in [0.2, 0.25) is 0 Å². The molecule has 0 spiro atoms. The third kappa shape index (κ3) is 5.37. The quantitative estimate of drug-likeness (QED) is 0.385. The number of hydrogen-bond acceptors (Lipinski definition) is 6. The summed E-state index contributed by atoms with van der Waals surface area (Å²) in [6.07, 6.45) is 2.63. The maximum atomic E-state index is 13.2. The van der Waals surface area contributed by atoms with Gasteiger partial charge in [-0.25, -0.2) is 0 Å². The minimum Gasteiger partial charge on any atom is -0.457 e. The van der Waals surface area contributed by atoms with Gasteiger partial charge in [-0.2, -0.15) is 0 Å². The van der Waals surface area contributed by atoms with E-state index in [0.717, 1.165) is 12.8 Å². The maximum absolute atomic E-state index is 13.2. The van der Waals surface area contributed by atoms with E-state index in [-0.39, 0.29) is 11.7 Å². The summed E-state index contributed by atoms with van der Waals surface area (Å²) in [6, 6.07) is 18.4. The molecular weight excluding hydrogens is 406 g/mol. The molecule has 1 heterocycles. The van der Waals surface area contributed by atoms with Gasteiger partial charge in [-0.15, -0.1) is 0 Å². The zero-order valence-corrected chi connectivity index (χ0v) is 17.5. The Bertz CT molecular complexity index is 1050. The van der Waals surface area contributed by atoms with Crippen molar-refractivity contribution in [2.24, 2.45) is 0 Å². The Morgan fingerprint density at radius 2 is 1.31 bits per heavy atom. The van der Waals surface area contributed by atoms with Crippen LogP contribution in [0, 0.1) is 0 Å². The van der Waals surface area contributed by atoms with Gasteiger partial charge in [0.05, 0.1) is 6.04 Å². The maximum Gasteiger partial charge on any atom is 0.220 e. The summed E-state index contributed by atoms with van der Waals surface area (Å²) < 4.78 is 11.9. The van der Waals surface area contributed by atoms with E-state index in [1.165, 1.54) is 0 Å². The van der Waals surface area contributed by atoms with Crippen LogP contribution in [0.1, 0.15) is 36.0 Å². The van der Waals surface area contributed by atoms with Crippen molar-refractivity contribution in [1.82, 2.24) is 5.32 Å². The number of carbonyl (C=O) groups is 2. The zero-order chi connectivity index (χ0) is 22.5. The van der Waals surface area contributed by atoms with Crippen molar-refractivity contribution in [2.75, 3.05) is 11.5 Å². The van der Waals surface area contributed by atoms with Crippen LogP contribution in [0.3, 0.4) is 0 Å². The number of benzene rings is 3. The first-order valence-electron chi connectivity index (χ1n) is 10.5. The Morgan fingerprint density at radius 3 is 1.84 bits per heavy atom. The van der Waals surface area contributed by atoms with Gasteiger partial charge in [-0.05, 0) is 73.5 Å². The molecule has 4 rings (SSSR count). The van der Waals surface area contributed by atoms with Crippen molar-refractivity contribution in [2.45, 2.75) is 31.7 Å². The van der Waals surface area contributed by atoms with Crippen molar-refractivity contribution in [1.29, 1.82) is 0 Å². The molecule has 0 bridgehead atoms. The molecule has 1 aliphatic rings. The monoisotopic (exact) mass is 431 g/mol. The normalized spacial score (nSPS) is 16.0. The van der Waals surface area contributed by atoms with E-state index in [2.05, 4.69) is 5.32 Å². The van der Waals surface area contributed by atoms with E-state index >= 15 is 0 Å². The molecule has 1 atom stereocenters. The van der Waals surface area contributed by atoms with Gasteiger partial charge in [0.25, 0.3) is 0 Å². The Morgan fingerprint density at radius 1 is 0.781 bits per heavy atom. The van der Waals surface area contributed by atoms with Crippen LogP contribution in [-0.2, 0) is 4.79 Å². The Kier molecular flexibility index (Phi) is 6.26. The number of nitrogens with two attached hydrogens (primary N) is 2. The number of hydrogen-bond donors (Lipinski definition) is 3. The molecule has 5 N–H and O–H groups in total. The van der Waals surface area contributed by atoms with E-state index in [4.69, 9.17) is 20.9 Å². The van der Waals surface area contributed by atoms with E-state index in [0.29, 0.717) is 52.8 Å². The van der Waals surface area contributed by atoms with E-state index in [9.17, 15) is 9.59 Å². The number of nitrogen functional groups attached to an aromatic ring is 2. The van der Waals surface area contributed by atoms with Crippen molar-refractivity contribution < 1.29 is 19.1 Å². The van der Waals surface area contributed by atoms with Crippen LogP contribution in [0.5, 0.6) is 23.0 Å². The van der Waals surface area contributed by atoms with Gasteiger partial charge in [0.2, 0.25) is 5.91 Å². The summed E-state index contributed by atoms with van der Waals surface area (Å²) in [7, 11) is 0. The van der Waals surface area contributed by atoms with Crippen LogP contribution in [0.4, 0.5) is 11.4 Å². The van der Waals surface area contributed by atoms with Crippen LogP contribution in [-0.4, -0.2) is 17.7 Å². The molecule has 32 heavy (non-hydrogen) atoms. The first kappa shape index (κ1) is 21.2. The molecule has 164 valence electrons. The highest BCUT2D eigenvalue weighted by Crippen LogP contribution is 2.32. The van der Waals surface area contributed by atoms with Gasteiger partial charge in [0, 0.05) is 29.4 Å². The van der Waals surface area contributed by atoms with E-state index < -0.39 is 6.04 Å². The average Bonchev–Trinajstić information content (AvgIpc) is 3.01. The SMILES string of the molecule is Nc1ccc(Oc2cc(Oc3ccc(N)cc3)cc(C(=O)C3CCCCC(=O)N3)c2)cc1. The van der Waals surface area contributed by atoms with Crippen molar-refractivity contribution in [3.05, 3.63) is 72.3 Å². The second kappa shape index (κ2) is 9.43. The number of anilines is 2. The summed E-state index contributed by atoms with van der Waals surface area (Å²) in [4.78, 5) is 25.2. The van der Waals surface area contributed by atoms with Gasteiger partial charge in [0.15, 0.2) is 5.78 Å². The predicted octanol–water partition coefficient (Wildman–Crippen LogP) is 4.68. The topological polar surface area (TPSA) is 117 Å². The number of rotatable bonds is 6. The second-order valence-electron chi connectivity index (χ2n) is 7.77. The third-order valence-corrected chi connectivity index (χ3v) is 5.19. The molecule has 1 unspecified atom stereocenters. The van der Waals surface area contributed by atoms with E-state index in [1.807, 2.05) is 0 Å². The fourth-order valence-corrected chi connectivity index (χ4v) is 3.55.